The molecular weight excluding hydrogens is 420 g/mol. The van der Waals surface area contributed by atoms with Gasteiger partial charge in [0.15, 0.2) is 0 Å². The van der Waals surface area contributed by atoms with Gasteiger partial charge in [-0.25, -0.2) is 0 Å². The molecule has 6 heteroatoms. The molecule has 1 heterocycles. The van der Waals surface area contributed by atoms with Gasteiger partial charge in [0.25, 0.3) is 0 Å². The van der Waals surface area contributed by atoms with Gasteiger partial charge in [0.05, 0.1) is 6.61 Å². The van der Waals surface area contributed by atoms with Crippen LogP contribution in [0.25, 0.3) is 0 Å². The highest BCUT2D eigenvalue weighted by molar-refractivity contribution is 5.66. The maximum absolute atomic E-state index is 10.6. The molecule has 1 aromatic rings. The average Bonchev–Trinajstić information content (AvgIpc) is 3.18. The van der Waals surface area contributed by atoms with Gasteiger partial charge < -0.3 is 14.6 Å². The van der Waals surface area contributed by atoms with Crippen LogP contribution < -0.4 is 4.74 Å². The molecular formula is C27H36O6. The molecule has 6 fully saturated rings. The summed E-state index contributed by atoms with van der Waals surface area (Å²) in [5.74, 6) is 2.38. The van der Waals surface area contributed by atoms with Crippen molar-refractivity contribution in [3.05, 3.63) is 29.8 Å². The first-order valence-electron chi connectivity index (χ1n) is 13.1. The van der Waals surface area contributed by atoms with Crippen molar-refractivity contribution in [3.8, 4) is 5.75 Å². The largest absolute Gasteiger partial charge is 0.494 e. The number of hydrogen-bond acceptors (Lipinski definition) is 5. The van der Waals surface area contributed by atoms with Crippen molar-refractivity contribution in [3.63, 3.8) is 0 Å². The first-order chi connectivity index (χ1) is 16.0. The number of ether oxygens (including phenoxy) is 2. The van der Waals surface area contributed by atoms with E-state index in [0.29, 0.717) is 30.8 Å². The number of carboxylic acids is 1. The Hall–Kier alpha value is -1.63. The van der Waals surface area contributed by atoms with E-state index in [1.807, 2.05) is 12.1 Å². The summed E-state index contributed by atoms with van der Waals surface area (Å²) in [4.78, 5) is 22.8. The van der Waals surface area contributed by atoms with Crippen molar-refractivity contribution in [2.24, 2.45) is 23.7 Å². The second-order valence-electron chi connectivity index (χ2n) is 11.2. The minimum absolute atomic E-state index is 0.202. The van der Waals surface area contributed by atoms with E-state index < -0.39 is 17.5 Å². The summed E-state index contributed by atoms with van der Waals surface area (Å²) in [5, 5.41) is 8.70. The maximum atomic E-state index is 10.6. The van der Waals surface area contributed by atoms with E-state index in [2.05, 4.69) is 12.1 Å². The normalized spacial score (nSPS) is 41.2. The van der Waals surface area contributed by atoms with Crippen molar-refractivity contribution in [2.45, 2.75) is 94.5 Å². The molecule has 5 saturated carbocycles. The second kappa shape index (κ2) is 8.54. The lowest BCUT2D eigenvalue weighted by molar-refractivity contribution is -0.390. The number of carbonyl (C=O) groups is 1. The Labute approximate surface area is 195 Å². The highest BCUT2D eigenvalue weighted by atomic mass is 17.3. The highest BCUT2D eigenvalue weighted by Gasteiger charge is 2.66. The fourth-order valence-corrected chi connectivity index (χ4v) is 7.59. The summed E-state index contributed by atoms with van der Waals surface area (Å²) < 4.78 is 12.6. The smallest absolute Gasteiger partial charge is 0.303 e. The summed E-state index contributed by atoms with van der Waals surface area (Å²) in [5.41, 5.74) is 1.34. The van der Waals surface area contributed by atoms with Crippen LogP contribution in [0.5, 0.6) is 5.75 Å². The minimum Gasteiger partial charge on any atom is -0.494 e. The van der Waals surface area contributed by atoms with Crippen molar-refractivity contribution in [2.75, 3.05) is 6.61 Å². The standard InChI is InChI=1S/C27H36O6/c28-25(29)3-1-2-12-30-24-6-4-20(5-7-24)21-8-10-26(11-9-21)31-27(33-32-26)22-14-18-13-19(16-22)17-23(27)15-18/h4-7,18-19,21-23H,1-3,8-17H2,(H,28,29). The van der Waals surface area contributed by atoms with Gasteiger partial charge in [-0.1, -0.05) is 12.1 Å². The highest BCUT2D eigenvalue weighted by Crippen LogP contribution is 2.64. The molecule has 1 aromatic carbocycles. The molecule has 1 saturated heterocycles. The Bertz CT molecular complexity index is 828. The fraction of sp³-hybridized carbons (Fsp3) is 0.741. The first-order valence-corrected chi connectivity index (χ1v) is 13.1. The molecule has 4 bridgehead atoms. The van der Waals surface area contributed by atoms with E-state index in [4.69, 9.17) is 24.4 Å². The van der Waals surface area contributed by atoms with Gasteiger partial charge in [0, 0.05) is 31.1 Å². The number of aliphatic carboxylic acids is 1. The van der Waals surface area contributed by atoms with Crippen LogP contribution in [0.15, 0.2) is 24.3 Å². The van der Waals surface area contributed by atoms with Crippen molar-refractivity contribution >= 4 is 5.97 Å². The lowest BCUT2D eigenvalue weighted by atomic mass is 9.53. The van der Waals surface area contributed by atoms with Crippen molar-refractivity contribution in [1.29, 1.82) is 0 Å². The van der Waals surface area contributed by atoms with Crippen molar-refractivity contribution in [1.82, 2.24) is 0 Å². The third-order valence-electron chi connectivity index (χ3n) is 9.10. The number of benzene rings is 1. The molecule has 0 aromatic heterocycles. The van der Waals surface area contributed by atoms with Gasteiger partial charge in [-0.05, 0) is 93.2 Å². The van der Waals surface area contributed by atoms with Gasteiger partial charge in [0.2, 0.25) is 11.6 Å². The Morgan fingerprint density at radius 2 is 1.61 bits per heavy atom. The zero-order valence-electron chi connectivity index (χ0n) is 19.4. The lowest BCUT2D eigenvalue weighted by Gasteiger charge is -2.57. The SMILES string of the molecule is O=C(O)CCCCOc1ccc(C2CCC3(CC2)OOC2(O3)C3CC4CC(C3)CC2C4)cc1. The van der Waals surface area contributed by atoms with Gasteiger partial charge in [-0.3, -0.25) is 4.79 Å². The monoisotopic (exact) mass is 456 g/mol. The Balaban J connectivity index is 1.02. The van der Waals surface area contributed by atoms with E-state index in [1.165, 1.54) is 37.7 Å². The summed E-state index contributed by atoms with van der Waals surface area (Å²) >= 11 is 0. The van der Waals surface area contributed by atoms with Crippen LogP contribution in [0.1, 0.15) is 88.5 Å². The van der Waals surface area contributed by atoms with Crippen LogP contribution in [-0.4, -0.2) is 29.3 Å². The Kier molecular flexibility index (Phi) is 5.66. The zero-order valence-corrected chi connectivity index (χ0v) is 19.4. The fourth-order valence-electron chi connectivity index (χ4n) is 7.59. The molecule has 2 spiro atoms. The van der Waals surface area contributed by atoms with E-state index >= 15 is 0 Å². The topological polar surface area (TPSA) is 74.2 Å². The molecule has 33 heavy (non-hydrogen) atoms. The van der Waals surface area contributed by atoms with E-state index in [0.717, 1.165) is 49.7 Å². The summed E-state index contributed by atoms with van der Waals surface area (Å²) in [7, 11) is 0. The molecule has 0 radical (unpaired) electrons. The van der Waals surface area contributed by atoms with Crippen molar-refractivity contribution < 1.29 is 29.1 Å². The van der Waals surface area contributed by atoms with Gasteiger partial charge in [-0.2, -0.15) is 9.78 Å². The van der Waals surface area contributed by atoms with Crippen LogP contribution in [-0.2, 0) is 19.3 Å². The summed E-state index contributed by atoms with van der Waals surface area (Å²) in [6, 6.07) is 8.40. The second-order valence-corrected chi connectivity index (χ2v) is 11.2. The van der Waals surface area contributed by atoms with E-state index in [9.17, 15) is 4.79 Å². The molecule has 0 unspecified atom stereocenters. The van der Waals surface area contributed by atoms with E-state index in [1.54, 1.807) is 0 Å². The third-order valence-corrected chi connectivity index (χ3v) is 9.10. The third kappa shape index (κ3) is 4.08. The summed E-state index contributed by atoms with van der Waals surface area (Å²) in [6.45, 7) is 0.554. The van der Waals surface area contributed by atoms with Gasteiger partial charge >= 0.3 is 5.97 Å². The average molecular weight is 457 g/mol. The number of unbranched alkanes of at least 4 members (excludes halogenated alkanes) is 1. The first kappa shape index (κ1) is 21.9. The molecule has 0 amide bonds. The minimum atomic E-state index is -0.748. The van der Waals surface area contributed by atoms with Crippen LogP contribution >= 0.6 is 0 Å². The predicted octanol–water partition coefficient (Wildman–Crippen LogP) is 5.81. The maximum Gasteiger partial charge on any atom is 0.303 e. The predicted molar refractivity (Wildman–Crippen MR) is 120 cm³/mol. The Morgan fingerprint density at radius 1 is 0.939 bits per heavy atom. The van der Waals surface area contributed by atoms with Crippen LogP contribution in [0.3, 0.4) is 0 Å². The molecule has 7 rings (SSSR count). The molecule has 5 aliphatic carbocycles. The zero-order chi connectivity index (χ0) is 22.5. The van der Waals surface area contributed by atoms with Gasteiger partial charge in [-0.15, -0.1) is 0 Å². The molecule has 1 N–H and O–H groups in total. The molecule has 1 aliphatic heterocycles. The lowest BCUT2D eigenvalue weighted by Crippen LogP contribution is -2.59. The van der Waals surface area contributed by atoms with E-state index in [-0.39, 0.29) is 6.42 Å². The number of carboxylic acid groups (broad SMARTS) is 1. The summed E-state index contributed by atoms with van der Waals surface area (Å²) in [6.07, 6.45) is 11.9. The molecule has 6 aliphatic rings. The van der Waals surface area contributed by atoms with Gasteiger partial charge in [0.1, 0.15) is 5.75 Å². The van der Waals surface area contributed by atoms with Crippen LogP contribution in [0.2, 0.25) is 0 Å². The molecule has 6 nitrogen and oxygen atoms in total. The Morgan fingerprint density at radius 3 is 2.24 bits per heavy atom. The quantitative estimate of drug-likeness (QED) is 0.413. The molecule has 0 atom stereocenters. The van der Waals surface area contributed by atoms with Crippen LogP contribution in [0.4, 0.5) is 0 Å². The molecule has 180 valence electrons. The van der Waals surface area contributed by atoms with Crippen LogP contribution in [0, 0.1) is 23.7 Å². The number of rotatable bonds is 7. The number of hydrogen-bond donors (Lipinski definition) is 1.